The van der Waals surface area contributed by atoms with Crippen LogP contribution in [0, 0.1) is 0 Å². The maximum Gasteiger partial charge on any atom is 0.307 e. The molecule has 0 aliphatic heterocycles. The maximum absolute atomic E-state index is 10.8. The molecule has 112 valence electrons. The van der Waals surface area contributed by atoms with Crippen molar-refractivity contribution in [1.82, 2.24) is 0 Å². The second kappa shape index (κ2) is 8.30. The van der Waals surface area contributed by atoms with Crippen LogP contribution in [-0.4, -0.2) is 27.4 Å². The molecule has 1 unspecified atom stereocenters. The monoisotopic (exact) mass is 282 g/mol. The van der Waals surface area contributed by atoms with E-state index in [2.05, 4.69) is 6.92 Å². The lowest BCUT2D eigenvalue weighted by Gasteiger charge is -2.17. The Hall–Kier alpha value is -1.91. The molecule has 5 heteroatoms. The molecule has 1 atom stereocenters. The van der Waals surface area contributed by atoms with E-state index in [9.17, 15) is 15.0 Å². The number of phenolic OH excluding ortho intramolecular Hbond substituents is 2. The van der Waals surface area contributed by atoms with Crippen LogP contribution in [-0.2, 0) is 4.79 Å². The number of hydrogen-bond acceptors (Lipinski definition) is 4. The van der Waals surface area contributed by atoms with E-state index in [1.807, 2.05) is 0 Å². The van der Waals surface area contributed by atoms with E-state index in [4.69, 9.17) is 9.84 Å². The SMILES string of the molecule is CCCCCCC(CC(=O)O)Oc1ccc(O)c(O)c1. The highest BCUT2D eigenvalue weighted by atomic mass is 16.5. The lowest BCUT2D eigenvalue weighted by molar-refractivity contribution is -0.138. The summed E-state index contributed by atoms with van der Waals surface area (Å²) in [5.74, 6) is -1.05. The highest BCUT2D eigenvalue weighted by Gasteiger charge is 2.15. The average Bonchev–Trinajstić information content (AvgIpc) is 2.38. The Labute approximate surface area is 118 Å². The van der Waals surface area contributed by atoms with Gasteiger partial charge in [-0.2, -0.15) is 0 Å². The standard InChI is InChI=1S/C15H22O5/c1-2-3-4-5-6-11(10-15(18)19)20-12-7-8-13(16)14(17)9-12/h7-9,11,16-17H,2-6,10H2,1H3,(H,18,19). The fourth-order valence-corrected chi connectivity index (χ4v) is 1.97. The van der Waals surface area contributed by atoms with Crippen molar-refractivity contribution < 1.29 is 24.9 Å². The van der Waals surface area contributed by atoms with Crippen molar-refractivity contribution in [3.05, 3.63) is 18.2 Å². The smallest absolute Gasteiger partial charge is 0.307 e. The first kappa shape index (κ1) is 16.1. The van der Waals surface area contributed by atoms with Crippen LogP contribution in [0.4, 0.5) is 0 Å². The van der Waals surface area contributed by atoms with Gasteiger partial charge in [-0.25, -0.2) is 0 Å². The summed E-state index contributed by atoms with van der Waals surface area (Å²) in [6.45, 7) is 2.12. The molecule has 1 rings (SSSR count). The summed E-state index contributed by atoms with van der Waals surface area (Å²) in [6.07, 6.45) is 4.37. The Kier molecular flexibility index (Phi) is 6.70. The quantitative estimate of drug-likeness (QED) is 0.478. The average molecular weight is 282 g/mol. The lowest BCUT2D eigenvalue weighted by atomic mass is 10.1. The topological polar surface area (TPSA) is 87.0 Å². The molecular weight excluding hydrogens is 260 g/mol. The van der Waals surface area contributed by atoms with Gasteiger partial charge in [0, 0.05) is 6.07 Å². The van der Waals surface area contributed by atoms with Gasteiger partial charge in [-0.1, -0.05) is 26.2 Å². The van der Waals surface area contributed by atoms with Gasteiger partial charge in [-0.3, -0.25) is 4.79 Å². The van der Waals surface area contributed by atoms with Crippen LogP contribution in [0.3, 0.4) is 0 Å². The first-order chi connectivity index (χ1) is 9.52. The summed E-state index contributed by atoms with van der Waals surface area (Å²) in [5.41, 5.74) is 0. The van der Waals surface area contributed by atoms with E-state index in [0.29, 0.717) is 12.2 Å². The van der Waals surface area contributed by atoms with Crippen LogP contribution in [0.1, 0.15) is 45.4 Å². The van der Waals surface area contributed by atoms with Gasteiger partial charge in [-0.15, -0.1) is 0 Å². The van der Waals surface area contributed by atoms with Crippen molar-refractivity contribution in [1.29, 1.82) is 0 Å². The van der Waals surface area contributed by atoms with Crippen LogP contribution >= 0.6 is 0 Å². The Balaban J connectivity index is 2.58. The molecule has 0 saturated heterocycles. The molecule has 5 nitrogen and oxygen atoms in total. The zero-order valence-electron chi connectivity index (χ0n) is 11.7. The normalized spacial score (nSPS) is 12.1. The molecule has 0 amide bonds. The molecular formula is C15H22O5. The number of rotatable bonds is 9. The van der Waals surface area contributed by atoms with Crippen molar-refractivity contribution >= 4 is 5.97 Å². The molecule has 0 aliphatic carbocycles. The van der Waals surface area contributed by atoms with E-state index in [0.717, 1.165) is 25.7 Å². The van der Waals surface area contributed by atoms with Crippen LogP contribution in [0.2, 0.25) is 0 Å². The largest absolute Gasteiger partial charge is 0.504 e. The zero-order chi connectivity index (χ0) is 15.0. The fourth-order valence-electron chi connectivity index (χ4n) is 1.97. The number of carboxylic acids is 1. The minimum Gasteiger partial charge on any atom is -0.504 e. The summed E-state index contributed by atoms with van der Waals surface area (Å²) in [5, 5.41) is 27.5. The summed E-state index contributed by atoms with van der Waals surface area (Å²) < 4.78 is 5.59. The van der Waals surface area contributed by atoms with Crippen molar-refractivity contribution in [3.8, 4) is 17.2 Å². The summed E-state index contributed by atoms with van der Waals surface area (Å²) >= 11 is 0. The van der Waals surface area contributed by atoms with Crippen LogP contribution in [0.25, 0.3) is 0 Å². The molecule has 20 heavy (non-hydrogen) atoms. The number of phenols is 2. The Bertz CT molecular complexity index is 430. The molecule has 0 radical (unpaired) electrons. The van der Waals surface area contributed by atoms with E-state index in [-0.39, 0.29) is 17.9 Å². The molecule has 0 fully saturated rings. The summed E-state index contributed by atoms with van der Waals surface area (Å²) in [7, 11) is 0. The van der Waals surface area contributed by atoms with Gasteiger partial charge < -0.3 is 20.1 Å². The van der Waals surface area contributed by atoms with E-state index in [1.165, 1.54) is 18.2 Å². The first-order valence-electron chi connectivity index (χ1n) is 6.93. The second-order valence-corrected chi connectivity index (χ2v) is 4.84. The van der Waals surface area contributed by atoms with Gasteiger partial charge in [-0.05, 0) is 25.0 Å². The minimum atomic E-state index is -0.909. The number of aromatic hydroxyl groups is 2. The first-order valence-corrected chi connectivity index (χ1v) is 6.93. The predicted molar refractivity (Wildman–Crippen MR) is 75.2 cm³/mol. The number of unbranched alkanes of at least 4 members (excludes halogenated alkanes) is 3. The fraction of sp³-hybridized carbons (Fsp3) is 0.533. The summed E-state index contributed by atoms with van der Waals surface area (Å²) in [4.78, 5) is 10.8. The van der Waals surface area contributed by atoms with Crippen LogP contribution in [0.15, 0.2) is 18.2 Å². The van der Waals surface area contributed by atoms with E-state index >= 15 is 0 Å². The molecule has 1 aromatic carbocycles. The Morgan fingerprint density at radius 3 is 2.55 bits per heavy atom. The lowest BCUT2D eigenvalue weighted by Crippen LogP contribution is -2.20. The van der Waals surface area contributed by atoms with Gasteiger partial charge >= 0.3 is 5.97 Å². The van der Waals surface area contributed by atoms with Crippen LogP contribution in [0.5, 0.6) is 17.2 Å². The molecule has 0 heterocycles. The number of ether oxygens (including phenoxy) is 1. The Morgan fingerprint density at radius 1 is 1.20 bits per heavy atom. The Morgan fingerprint density at radius 2 is 1.95 bits per heavy atom. The van der Waals surface area contributed by atoms with Crippen molar-refractivity contribution in [3.63, 3.8) is 0 Å². The maximum atomic E-state index is 10.8. The highest BCUT2D eigenvalue weighted by Crippen LogP contribution is 2.29. The van der Waals surface area contributed by atoms with Crippen LogP contribution < -0.4 is 4.74 Å². The molecule has 1 aromatic rings. The molecule has 3 N–H and O–H groups in total. The third-order valence-electron chi connectivity index (χ3n) is 3.03. The molecule has 0 saturated carbocycles. The van der Waals surface area contributed by atoms with Gasteiger partial charge in [0.25, 0.3) is 0 Å². The number of benzene rings is 1. The number of carbonyl (C=O) groups is 1. The number of carboxylic acid groups (broad SMARTS) is 1. The second-order valence-electron chi connectivity index (χ2n) is 4.84. The number of hydrogen-bond donors (Lipinski definition) is 3. The molecule has 0 bridgehead atoms. The number of aliphatic carboxylic acids is 1. The zero-order valence-corrected chi connectivity index (χ0v) is 11.7. The summed E-state index contributed by atoms with van der Waals surface area (Å²) in [6, 6.07) is 4.12. The van der Waals surface area contributed by atoms with Crippen molar-refractivity contribution in [2.24, 2.45) is 0 Å². The minimum absolute atomic E-state index is 0.0756. The predicted octanol–water partition coefficient (Wildman–Crippen LogP) is 3.29. The van der Waals surface area contributed by atoms with Crippen molar-refractivity contribution in [2.45, 2.75) is 51.6 Å². The van der Waals surface area contributed by atoms with Gasteiger partial charge in [0.1, 0.15) is 11.9 Å². The molecule has 0 aliphatic rings. The van der Waals surface area contributed by atoms with Crippen molar-refractivity contribution in [2.75, 3.05) is 0 Å². The van der Waals surface area contributed by atoms with E-state index < -0.39 is 12.1 Å². The third kappa shape index (κ3) is 5.82. The van der Waals surface area contributed by atoms with Gasteiger partial charge in [0.2, 0.25) is 0 Å². The van der Waals surface area contributed by atoms with Gasteiger partial charge in [0.15, 0.2) is 11.5 Å². The highest BCUT2D eigenvalue weighted by molar-refractivity contribution is 5.67. The molecule has 0 spiro atoms. The van der Waals surface area contributed by atoms with Gasteiger partial charge in [0.05, 0.1) is 6.42 Å². The third-order valence-corrected chi connectivity index (χ3v) is 3.03. The molecule has 0 aromatic heterocycles. The van der Waals surface area contributed by atoms with E-state index in [1.54, 1.807) is 0 Å².